The van der Waals surface area contributed by atoms with Gasteiger partial charge in [-0.2, -0.15) is 0 Å². The predicted molar refractivity (Wildman–Crippen MR) is 72.8 cm³/mol. The molecule has 1 aliphatic rings. The Kier molecular flexibility index (Phi) is 4.52. The number of carbonyl (C=O) groups excluding carboxylic acids is 1. The van der Waals surface area contributed by atoms with E-state index in [9.17, 15) is 14.7 Å². The normalized spacial score (nSPS) is 22.8. The van der Waals surface area contributed by atoms with Crippen molar-refractivity contribution in [3.05, 3.63) is 28.5 Å². The van der Waals surface area contributed by atoms with Crippen LogP contribution in [0.3, 0.4) is 0 Å². The molecule has 2 atom stereocenters. The second kappa shape index (κ2) is 6.14. The maximum atomic E-state index is 12.1. The lowest BCUT2D eigenvalue weighted by Gasteiger charge is -2.29. The van der Waals surface area contributed by atoms with E-state index in [-0.39, 0.29) is 17.6 Å². The van der Waals surface area contributed by atoms with Gasteiger partial charge in [0.05, 0.1) is 5.92 Å². The smallest absolute Gasteiger partial charge is 0.308 e. The number of carbonyl (C=O) groups is 2. The molecule has 0 spiro atoms. The molecule has 5 nitrogen and oxygen atoms in total. The number of aliphatic carboxylic acids is 1. The molecule has 1 aromatic rings. The monoisotopic (exact) mass is 326 g/mol. The number of nitrogens with one attached hydrogen (secondary N) is 1. The van der Waals surface area contributed by atoms with Crippen LogP contribution in [0.4, 0.5) is 0 Å². The Morgan fingerprint density at radius 3 is 2.79 bits per heavy atom. The molecule has 102 valence electrons. The zero-order chi connectivity index (χ0) is 13.8. The Hall–Kier alpha value is -1.43. The van der Waals surface area contributed by atoms with Gasteiger partial charge in [0.1, 0.15) is 5.69 Å². The minimum Gasteiger partial charge on any atom is -0.481 e. The quantitative estimate of drug-likeness (QED) is 0.892. The van der Waals surface area contributed by atoms with Crippen LogP contribution in [0.25, 0.3) is 0 Å². The zero-order valence-electron chi connectivity index (χ0n) is 10.3. The van der Waals surface area contributed by atoms with Gasteiger partial charge in [-0.25, -0.2) is 4.98 Å². The summed E-state index contributed by atoms with van der Waals surface area (Å²) < 4.78 is 0.607. The highest BCUT2D eigenvalue weighted by Gasteiger charge is 2.32. The summed E-state index contributed by atoms with van der Waals surface area (Å²) in [4.78, 5) is 27.3. The fourth-order valence-corrected chi connectivity index (χ4v) is 2.82. The molecule has 1 heterocycles. The van der Waals surface area contributed by atoms with Crippen LogP contribution in [0, 0.1) is 5.92 Å². The second-order valence-corrected chi connectivity index (χ2v) is 5.50. The van der Waals surface area contributed by atoms with E-state index >= 15 is 0 Å². The minimum absolute atomic E-state index is 0.289. The third-order valence-corrected chi connectivity index (χ3v) is 4.01. The number of rotatable bonds is 3. The summed E-state index contributed by atoms with van der Waals surface area (Å²) in [5.74, 6) is -1.67. The van der Waals surface area contributed by atoms with Crippen LogP contribution in [-0.4, -0.2) is 28.0 Å². The summed E-state index contributed by atoms with van der Waals surface area (Å²) in [6, 6.07) is 3.14. The van der Waals surface area contributed by atoms with Gasteiger partial charge in [-0.3, -0.25) is 9.59 Å². The van der Waals surface area contributed by atoms with Gasteiger partial charge in [0.15, 0.2) is 0 Å². The van der Waals surface area contributed by atoms with Gasteiger partial charge in [0.25, 0.3) is 5.91 Å². The van der Waals surface area contributed by atoms with E-state index in [4.69, 9.17) is 0 Å². The number of halogens is 1. The minimum atomic E-state index is -0.843. The Morgan fingerprint density at radius 1 is 1.37 bits per heavy atom. The lowest BCUT2D eigenvalue weighted by molar-refractivity contribution is -0.143. The van der Waals surface area contributed by atoms with Crippen LogP contribution >= 0.6 is 15.9 Å². The second-order valence-electron chi connectivity index (χ2n) is 4.64. The van der Waals surface area contributed by atoms with E-state index in [2.05, 4.69) is 26.2 Å². The number of carboxylic acid groups (broad SMARTS) is 1. The number of pyridine rings is 1. The van der Waals surface area contributed by atoms with Gasteiger partial charge < -0.3 is 10.4 Å². The Balaban J connectivity index is 2.09. The average molecular weight is 327 g/mol. The third-order valence-electron chi connectivity index (χ3n) is 3.37. The first-order valence-electron chi connectivity index (χ1n) is 6.24. The summed E-state index contributed by atoms with van der Waals surface area (Å²) in [6.45, 7) is 0. The van der Waals surface area contributed by atoms with E-state index in [1.165, 1.54) is 6.20 Å². The summed E-state index contributed by atoms with van der Waals surface area (Å²) in [5.41, 5.74) is 0.289. The standard InChI is InChI=1S/C13H15BrN2O3/c14-9-5-3-7-15-11(9)12(17)16-10-6-2-1-4-8(10)13(18)19/h3,5,7-8,10H,1-2,4,6H2,(H,16,17)(H,18,19). The third kappa shape index (κ3) is 3.32. The Bertz CT molecular complexity index is 493. The maximum Gasteiger partial charge on any atom is 0.308 e. The lowest BCUT2D eigenvalue weighted by Crippen LogP contribution is -2.45. The number of nitrogens with zero attached hydrogens (tertiary/aromatic N) is 1. The van der Waals surface area contributed by atoms with E-state index in [1.54, 1.807) is 12.1 Å². The molecule has 1 amide bonds. The molecular formula is C13H15BrN2O3. The zero-order valence-corrected chi connectivity index (χ0v) is 11.9. The molecule has 0 saturated heterocycles. The predicted octanol–water partition coefficient (Wildman–Crippen LogP) is 2.22. The molecule has 2 unspecified atom stereocenters. The van der Waals surface area contributed by atoms with Crippen LogP contribution in [0.2, 0.25) is 0 Å². The summed E-state index contributed by atoms with van der Waals surface area (Å²) in [5, 5.41) is 12.0. The van der Waals surface area contributed by atoms with Gasteiger partial charge in [0, 0.05) is 16.7 Å². The molecule has 1 aliphatic carbocycles. The van der Waals surface area contributed by atoms with Crippen molar-refractivity contribution in [3.8, 4) is 0 Å². The number of aromatic nitrogens is 1. The van der Waals surface area contributed by atoms with E-state index in [0.717, 1.165) is 12.8 Å². The summed E-state index contributed by atoms with van der Waals surface area (Å²) >= 11 is 3.27. The van der Waals surface area contributed by atoms with Crippen LogP contribution in [0.5, 0.6) is 0 Å². The van der Waals surface area contributed by atoms with Crippen LogP contribution < -0.4 is 5.32 Å². The van der Waals surface area contributed by atoms with Crippen molar-refractivity contribution in [2.75, 3.05) is 0 Å². The summed E-state index contributed by atoms with van der Waals surface area (Å²) in [6.07, 6.45) is 4.70. The number of carboxylic acids is 1. The SMILES string of the molecule is O=C(NC1CCCCC1C(=O)O)c1ncccc1Br. The lowest BCUT2D eigenvalue weighted by atomic mass is 9.84. The van der Waals surface area contributed by atoms with Crippen molar-refractivity contribution in [3.63, 3.8) is 0 Å². The molecule has 0 aromatic carbocycles. The molecule has 1 aromatic heterocycles. The molecule has 19 heavy (non-hydrogen) atoms. The van der Waals surface area contributed by atoms with Crippen LogP contribution in [0.1, 0.15) is 36.2 Å². The molecule has 0 radical (unpaired) electrons. The van der Waals surface area contributed by atoms with E-state index in [1.807, 2.05) is 0 Å². The van der Waals surface area contributed by atoms with Crippen molar-refractivity contribution >= 4 is 27.8 Å². The largest absolute Gasteiger partial charge is 0.481 e. The van der Waals surface area contributed by atoms with Crippen LogP contribution in [0.15, 0.2) is 22.8 Å². The molecule has 2 N–H and O–H groups in total. The van der Waals surface area contributed by atoms with Gasteiger partial charge in [-0.1, -0.05) is 12.8 Å². The van der Waals surface area contributed by atoms with Crippen molar-refractivity contribution in [1.29, 1.82) is 0 Å². The van der Waals surface area contributed by atoms with Crippen LogP contribution in [-0.2, 0) is 4.79 Å². The maximum absolute atomic E-state index is 12.1. The highest BCUT2D eigenvalue weighted by Crippen LogP contribution is 2.25. The number of hydrogen-bond acceptors (Lipinski definition) is 3. The summed E-state index contributed by atoms with van der Waals surface area (Å²) in [7, 11) is 0. The molecule has 0 aliphatic heterocycles. The highest BCUT2D eigenvalue weighted by molar-refractivity contribution is 9.10. The fourth-order valence-electron chi connectivity index (χ4n) is 2.39. The molecule has 1 saturated carbocycles. The van der Waals surface area contributed by atoms with Crippen molar-refractivity contribution in [1.82, 2.24) is 10.3 Å². The van der Waals surface area contributed by atoms with Crippen molar-refractivity contribution in [2.24, 2.45) is 5.92 Å². The Morgan fingerprint density at radius 2 is 2.11 bits per heavy atom. The van der Waals surface area contributed by atoms with Crippen molar-refractivity contribution in [2.45, 2.75) is 31.7 Å². The molecule has 0 bridgehead atoms. The van der Waals surface area contributed by atoms with E-state index in [0.29, 0.717) is 17.3 Å². The number of amides is 1. The first-order chi connectivity index (χ1) is 9.09. The molecule has 2 rings (SSSR count). The van der Waals surface area contributed by atoms with Gasteiger partial charge >= 0.3 is 5.97 Å². The molecule has 6 heteroatoms. The van der Waals surface area contributed by atoms with Gasteiger partial charge in [-0.05, 0) is 40.9 Å². The first kappa shape index (κ1) is 14.0. The molecule has 1 fully saturated rings. The van der Waals surface area contributed by atoms with E-state index < -0.39 is 11.9 Å². The Labute approximate surface area is 119 Å². The highest BCUT2D eigenvalue weighted by atomic mass is 79.9. The number of hydrogen-bond donors (Lipinski definition) is 2. The van der Waals surface area contributed by atoms with Gasteiger partial charge in [0.2, 0.25) is 0 Å². The van der Waals surface area contributed by atoms with Crippen molar-refractivity contribution < 1.29 is 14.7 Å². The average Bonchev–Trinajstić information content (AvgIpc) is 2.39. The topological polar surface area (TPSA) is 79.3 Å². The molecular weight excluding hydrogens is 312 g/mol. The van der Waals surface area contributed by atoms with Gasteiger partial charge in [-0.15, -0.1) is 0 Å². The first-order valence-corrected chi connectivity index (χ1v) is 7.03. The fraction of sp³-hybridized carbons (Fsp3) is 0.462.